The van der Waals surface area contributed by atoms with Crippen LogP contribution in [0, 0.1) is 0 Å². The molecule has 1 aromatic rings. The molecule has 1 aromatic carbocycles. The Morgan fingerprint density at radius 1 is 1.12 bits per heavy atom. The summed E-state index contributed by atoms with van der Waals surface area (Å²) in [5, 5.41) is 3.91. The topological polar surface area (TPSA) is 75.6 Å². The van der Waals surface area contributed by atoms with Gasteiger partial charge in [0.25, 0.3) is 11.7 Å². The van der Waals surface area contributed by atoms with Crippen LogP contribution in [-0.2, 0) is 9.59 Å². The molecule has 1 amide bonds. The maximum Gasteiger partial charge on any atom is 0.300 e. The fourth-order valence-electron chi connectivity index (χ4n) is 1.91. The Bertz CT molecular complexity index is 673. The molecule has 0 aliphatic carbocycles. The average Bonchev–Trinajstić information content (AvgIpc) is 2.74. The first-order valence-electron chi connectivity index (χ1n) is 4.76. The third-order valence-corrected chi connectivity index (χ3v) is 2.68. The molecule has 0 saturated heterocycles. The molecule has 0 unspecified atom stereocenters. The monoisotopic (exact) mass is 214 g/mol. The number of hydrogen-bond acceptors (Lipinski definition) is 4. The zero-order chi connectivity index (χ0) is 11.3. The van der Waals surface area contributed by atoms with E-state index in [2.05, 4.69) is 10.3 Å². The van der Waals surface area contributed by atoms with E-state index in [0.717, 1.165) is 10.6 Å². The number of carbonyl (C=O) groups is 3. The highest BCUT2D eigenvalue weighted by Gasteiger charge is 2.32. The van der Waals surface area contributed by atoms with Crippen LogP contribution in [0.1, 0.15) is 10.4 Å². The first-order valence-corrected chi connectivity index (χ1v) is 4.76. The van der Waals surface area contributed by atoms with E-state index in [1.54, 1.807) is 6.07 Å². The largest absolute Gasteiger partial charge is 0.318 e. The lowest BCUT2D eigenvalue weighted by Crippen LogP contribution is -2.40. The number of fused-ring (bicyclic) bond motifs is 3. The second-order valence-electron chi connectivity index (χ2n) is 3.58. The highest BCUT2D eigenvalue weighted by atomic mass is 16.2. The van der Waals surface area contributed by atoms with E-state index in [1.165, 1.54) is 6.07 Å². The van der Waals surface area contributed by atoms with Crippen molar-refractivity contribution in [1.29, 1.82) is 0 Å². The lowest BCUT2D eigenvalue weighted by molar-refractivity contribution is -0.132. The smallest absolute Gasteiger partial charge is 0.300 e. The van der Waals surface area contributed by atoms with Crippen LogP contribution in [-0.4, -0.2) is 24.0 Å². The van der Waals surface area contributed by atoms with Gasteiger partial charge in [-0.15, -0.1) is 0 Å². The fourth-order valence-corrected chi connectivity index (χ4v) is 1.91. The molecule has 0 fully saturated rings. The first-order chi connectivity index (χ1) is 7.68. The summed E-state index contributed by atoms with van der Waals surface area (Å²) in [7, 11) is 0. The highest BCUT2D eigenvalue weighted by molar-refractivity contribution is 6.70. The summed E-state index contributed by atoms with van der Waals surface area (Å²) in [5.74, 6) is -2.63. The predicted molar refractivity (Wildman–Crippen MR) is 54.5 cm³/mol. The SMILES string of the molecule is O=C1Nc2c(ccc3c2=CCN=3)C(=O)C1=O. The minimum absolute atomic E-state index is 0.247. The van der Waals surface area contributed by atoms with E-state index < -0.39 is 17.5 Å². The molecule has 0 atom stereocenters. The van der Waals surface area contributed by atoms with Crippen LogP contribution in [0.4, 0.5) is 5.69 Å². The summed E-state index contributed by atoms with van der Waals surface area (Å²) in [6.45, 7) is 0.532. The molecule has 3 rings (SSSR count). The second kappa shape index (κ2) is 2.85. The van der Waals surface area contributed by atoms with Crippen molar-refractivity contribution in [3.63, 3.8) is 0 Å². The normalized spacial score (nSPS) is 17.1. The maximum atomic E-state index is 11.6. The van der Waals surface area contributed by atoms with Crippen molar-refractivity contribution in [3.05, 3.63) is 28.3 Å². The van der Waals surface area contributed by atoms with Crippen molar-refractivity contribution in [1.82, 2.24) is 0 Å². The minimum atomic E-state index is -1.01. The number of rotatable bonds is 0. The van der Waals surface area contributed by atoms with Gasteiger partial charge in [0.1, 0.15) is 0 Å². The molecule has 5 nitrogen and oxygen atoms in total. The molecule has 0 bridgehead atoms. The maximum absolute atomic E-state index is 11.6. The number of carbonyl (C=O) groups excluding carboxylic acids is 3. The van der Waals surface area contributed by atoms with E-state index >= 15 is 0 Å². The van der Waals surface area contributed by atoms with Gasteiger partial charge in [-0.2, -0.15) is 0 Å². The summed E-state index contributed by atoms with van der Waals surface area (Å²) in [5.41, 5.74) is 0.657. The van der Waals surface area contributed by atoms with Gasteiger partial charge in [0, 0.05) is 5.22 Å². The fraction of sp³-hybridized carbons (Fsp3) is 0.0909. The summed E-state index contributed by atoms with van der Waals surface area (Å²) in [6, 6.07) is 3.21. The van der Waals surface area contributed by atoms with Crippen LogP contribution in [0.15, 0.2) is 17.1 Å². The van der Waals surface area contributed by atoms with Crippen molar-refractivity contribution < 1.29 is 14.4 Å². The number of ketones is 2. The van der Waals surface area contributed by atoms with Crippen LogP contribution in [0.5, 0.6) is 0 Å². The van der Waals surface area contributed by atoms with E-state index in [9.17, 15) is 14.4 Å². The standard InChI is InChI=1S/C11H6N2O3/c14-9-6-1-2-7-5(3-4-12-7)8(6)13-11(16)10(9)15/h1-3H,4H2,(H,13,16). The molecule has 1 N–H and O–H groups in total. The number of nitrogens with one attached hydrogen (secondary N) is 1. The van der Waals surface area contributed by atoms with E-state index in [0.29, 0.717) is 12.2 Å². The zero-order valence-electron chi connectivity index (χ0n) is 8.11. The van der Waals surface area contributed by atoms with Crippen LogP contribution in [0.3, 0.4) is 0 Å². The number of hydrogen-bond donors (Lipinski definition) is 1. The Labute approximate surface area is 89.5 Å². The van der Waals surface area contributed by atoms with Gasteiger partial charge in [0.05, 0.1) is 23.2 Å². The molecule has 0 saturated carbocycles. The number of amides is 1. The molecule has 0 aromatic heterocycles. The number of Topliss-reactive ketones (excluding diaryl/α,β-unsaturated/α-hetero) is 2. The van der Waals surface area contributed by atoms with Gasteiger partial charge >= 0.3 is 0 Å². The van der Waals surface area contributed by atoms with E-state index in [-0.39, 0.29) is 5.56 Å². The lowest BCUT2D eigenvalue weighted by Gasteiger charge is -2.14. The van der Waals surface area contributed by atoms with Crippen molar-refractivity contribution in [2.24, 2.45) is 4.99 Å². The van der Waals surface area contributed by atoms with Crippen LogP contribution >= 0.6 is 0 Å². The molecule has 5 heteroatoms. The second-order valence-corrected chi connectivity index (χ2v) is 3.58. The summed E-state index contributed by atoms with van der Waals surface area (Å²) >= 11 is 0. The molecule has 2 heterocycles. The highest BCUT2D eigenvalue weighted by Crippen LogP contribution is 2.15. The van der Waals surface area contributed by atoms with Gasteiger partial charge in [-0.25, -0.2) is 0 Å². The lowest BCUT2D eigenvalue weighted by atomic mass is 9.99. The third-order valence-electron chi connectivity index (χ3n) is 2.68. The Morgan fingerprint density at radius 3 is 2.75 bits per heavy atom. The van der Waals surface area contributed by atoms with Gasteiger partial charge in [-0.3, -0.25) is 19.4 Å². The number of nitrogens with zero attached hydrogens (tertiary/aromatic N) is 1. The Morgan fingerprint density at radius 2 is 1.94 bits per heavy atom. The zero-order valence-corrected chi connectivity index (χ0v) is 8.11. The molecule has 0 radical (unpaired) electrons. The van der Waals surface area contributed by atoms with E-state index in [4.69, 9.17) is 0 Å². The molecule has 78 valence electrons. The molecule has 2 aliphatic heterocycles. The van der Waals surface area contributed by atoms with Crippen LogP contribution in [0.25, 0.3) is 6.08 Å². The Kier molecular flexibility index (Phi) is 1.60. The third kappa shape index (κ3) is 0.995. The van der Waals surface area contributed by atoms with Crippen LogP contribution in [0.2, 0.25) is 0 Å². The summed E-state index contributed by atoms with van der Waals surface area (Å²) in [4.78, 5) is 38.2. The Hall–Kier alpha value is -2.30. The van der Waals surface area contributed by atoms with Gasteiger partial charge in [-0.05, 0) is 12.1 Å². The molecular weight excluding hydrogens is 208 g/mol. The van der Waals surface area contributed by atoms with Gasteiger partial charge in [0.2, 0.25) is 5.78 Å². The minimum Gasteiger partial charge on any atom is -0.318 e. The quantitative estimate of drug-likeness (QED) is 0.551. The molecule has 16 heavy (non-hydrogen) atoms. The number of anilines is 1. The van der Waals surface area contributed by atoms with Crippen molar-refractivity contribution in [2.75, 3.05) is 11.9 Å². The first kappa shape index (κ1) is 8.96. The van der Waals surface area contributed by atoms with Gasteiger partial charge in [-0.1, -0.05) is 6.08 Å². The predicted octanol–water partition coefficient (Wildman–Crippen LogP) is -1.20. The summed E-state index contributed by atoms with van der Waals surface area (Å²) < 4.78 is 0. The summed E-state index contributed by atoms with van der Waals surface area (Å²) in [6.07, 6.45) is 1.82. The number of benzene rings is 1. The van der Waals surface area contributed by atoms with Crippen LogP contribution < -0.4 is 15.9 Å². The molecule has 2 aliphatic rings. The molecular formula is C11H6N2O3. The van der Waals surface area contributed by atoms with Crippen molar-refractivity contribution in [3.8, 4) is 0 Å². The molecule has 0 spiro atoms. The van der Waals surface area contributed by atoms with Crippen molar-refractivity contribution in [2.45, 2.75) is 0 Å². The van der Waals surface area contributed by atoms with Crippen molar-refractivity contribution >= 4 is 29.2 Å². The average molecular weight is 214 g/mol. The van der Waals surface area contributed by atoms with Gasteiger partial charge < -0.3 is 5.32 Å². The Balaban J connectivity index is 2.39. The van der Waals surface area contributed by atoms with Gasteiger partial charge in [0.15, 0.2) is 0 Å². The van der Waals surface area contributed by atoms with E-state index in [1.807, 2.05) is 6.08 Å².